The molecule has 3 aromatic heterocycles. The molecule has 78 heavy (non-hydrogen) atoms. The summed E-state index contributed by atoms with van der Waals surface area (Å²) in [5.41, 5.74) is 27.3. The molecule has 3 heteroatoms. The van der Waals surface area contributed by atoms with Crippen LogP contribution in [0.5, 0.6) is 0 Å². The number of fused-ring (bicyclic) bond motifs is 6. The number of aryl methyl sites for hydroxylation is 4. The van der Waals surface area contributed by atoms with Crippen molar-refractivity contribution in [2.75, 3.05) is 0 Å². The number of aromatic nitrogens is 3. The summed E-state index contributed by atoms with van der Waals surface area (Å²) in [7, 11) is 0. The normalized spacial score (nSPS) is 11.6. The summed E-state index contributed by atoms with van der Waals surface area (Å²) in [6, 6.07) is 96.4. The Kier molecular flexibility index (Phi) is 11.4. The zero-order valence-corrected chi connectivity index (χ0v) is 44.2. The van der Waals surface area contributed by atoms with Crippen molar-refractivity contribution in [3.05, 3.63) is 283 Å². The van der Waals surface area contributed by atoms with E-state index in [9.17, 15) is 0 Å². The standard InChI is InChI=1S/C75H55N3/c1-48-15-23-53(24-16-48)58-31-35-72-66(41-58)67-42-59(54-25-17-49(2)18-26-54)32-36-73(67)77(72)64-39-63(71-46-62(52-11-7-5-8-12-52)45-70(76-71)57-13-9-6-10-14-57)40-65(47-64)78-74-37-33-60(55-27-19-50(3)20-28-55)43-68(74)69-44-61(34-38-75(69)78)56-29-21-51(4)22-30-56/h5-47H,1-4H3. The molecule has 0 aliphatic carbocycles. The summed E-state index contributed by atoms with van der Waals surface area (Å²) in [5, 5.41) is 4.79. The van der Waals surface area contributed by atoms with Gasteiger partial charge in [-0.15, -0.1) is 0 Å². The molecule has 0 aliphatic rings. The Labute approximate surface area is 455 Å². The summed E-state index contributed by atoms with van der Waals surface area (Å²) in [4.78, 5) is 5.58. The van der Waals surface area contributed by atoms with Crippen molar-refractivity contribution >= 4 is 43.6 Å². The van der Waals surface area contributed by atoms with Crippen LogP contribution >= 0.6 is 0 Å². The molecule has 370 valence electrons. The highest BCUT2D eigenvalue weighted by Crippen LogP contribution is 2.43. The van der Waals surface area contributed by atoms with Gasteiger partial charge in [-0.1, -0.05) is 204 Å². The largest absolute Gasteiger partial charge is 0.309 e. The second-order valence-electron chi connectivity index (χ2n) is 21.2. The quantitative estimate of drug-likeness (QED) is 0.141. The average Bonchev–Trinajstić information content (AvgIpc) is 4.11. The molecular formula is C75H55N3. The second-order valence-corrected chi connectivity index (χ2v) is 21.2. The fourth-order valence-corrected chi connectivity index (χ4v) is 11.5. The lowest BCUT2D eigenvalue weighted by Gasteiger charge is -2.17. The Morgan fingerprint density at radius 3 is 0.833 bits per heavy atom. The number of hydrogen-bond donors (Lipinski definition) is 0. The van der Waals surface area contributed by atoms with E-state index in [1.165, 1.54) is 88.3 Å². The molecule has 0 saturated carbocycles. The van der Waals surface area contributed by atoms with Crippen molar-refractivity contribution in [1.29, 1.82) is 0 Å². The molecule has 11 aromatic carbocycles. The van der Waals surface area contributed by atoms with Gasteiger partial charge in [-0.3, -0.25) is 0 Å². The number of rotatable bonds is 9. The third-order valence-corrected chi connectivity index (χ3v) is 15.8. The molecule has 14 rings (SSSR count). The Morgan fingerprint density at radius 2 is 0.500 bits per heavy atom. The van der Waals surface area contributed by atoms with Crippen LogP contribution in [0.25, 0.3) is 133 Å². The lowest BCUT2D eigenvalue weighted by molar-refractivity contribution is 1.13. The van der Waals surface area contributed by atoms with Crippen molar-refractivity contribution in [2.45, 2.75) is 27.7 Å². The first-order valence-electron chi connectivity index (χ1n) is 27.0. The highest BCUT2D eigenvalue weighted by Gasteiger charge is 2.21. The smallest absolute Gasteiger partial charge is 0.0717 e. The summed E-state index contributed by atoms with van der Waals surface area (Å²) >= 11 is 0. The van der Waals surface area contributed by atoms with Gasteiger partial charge in [0.1, 0.15) is 0 Å². The molecule has 0 N–H and O–H groups in total. The van der Waals surface area contributed by atoms with Crippen LogP contribution in [0.1, 0.15) is 22.3 Å². The molecule has 0 fully saturated rings. The minimum Gasteiger partial charge on any atom is -0.309 e. The number of pyridine rings is 1. The predicted molar refractivity (Wildman–Crippen MR) is 330 cm³/mol. The van der Waals surface area contributed by atoms with Crippen LogP contribution in [-0.4, -0.2) is 14.1 Å². The van der Waals surface area contributed by atoms with Crippen LogP contribution in [0, 0.1) is 27.7 Å². The summed E-state index contributed by atoms with van der Waals surface area (Å²) in [6.07, 6.45) is 0. The zero-order valence-electron chi connectivity index (χ0n) is 44.2. The Balaban J connectivity index is 1.07. The number of hydrogen-bond acceptors (Lipinski definition) is 1. The molecule has 0 atom stereocenters. The van der Waals surface area contributed by atoms with Crippen molar-refractivity contribution in [3.63, 3.8) is 0 Å². The average molecular weight is 998 g/mol. The van der Waals surface area contributed by atoms with Crippen molar-refractivity contribution in [1.82, 2.24) is 14.1 Å². The first kappa shape index (κ1) is 46.7. The minimum atomic E-state index is 0.895. The zero-order chi connectivity index (χ0) is 52.4. The third-order valence-electron chi connectivity index (χ3n) is 15.8. The number of benzene rings is 11. The molecule has 0 radical (unpaired) electrons. The number of nitrogens with zero attached hydrogens (tertiary/aromatic N) is 3. The van der Waals surface area contributed by atoms with Gasteiger partial charge in [0.25, 0.3) is 0 Å². The van der Waals surface area contributed by atoms with E-state index < -0.39 is 0 Å². The molecule has 0 amide bonds. The van der Waals surface area contributed by atoms with Crippen LogP contribution in [0.4, 0.5) is 0 Å². The lowest BCUT2D eigenvalue weighted by atomic mass is 9.99. The van der Waals surface area contributed by atoms with E-state index in [0.717, 1.165) is 67.1 Å². The predicted octanol–water partition coefficient (Wildman–Crippen LogP) is 20.2. The maximum absolute atomic E-state index is 5.58. The topological polar surface area (TPSA) is 22.8 Å². The molecule has 0 aliphatic heterocycles. The maximum atomic E-state index is 5.58. The van der Waals surface area contributed by atoms with E-state index in [1.54, 1.807) is 0 Å². The first-order chi connectivity index (χ1) is 38.2. The fraction of sp³-hybridized carbons (Fsp3) is 0.0533. The first-order valence-corrected chi connectivity index (χ1v) is 27.0. The van der Waals surface area contributed by atoms with E-state index in [0.29, 0.717) is 0 Å². The second kappa shape index (κ2) is 19.1. The van der Waals surface area contributed by atoms with Crippen LogP contribution < -0.4 is 0 Å². The molecule has 0 saturated heterocycles. The third kappa shape index (κ3) is 8.47. The highest BCUT2D eigenvalue weighted by atomic mass is 15.0. The molecule has 3 nitrogen and oxygen atoms in total. The molecule has 0 bridgehead atoms. The van der Waals surface area contributed by atoms with Gasteiger partial charge in [0.15, 0.2) is 0 Å². The Morgan fingerprint density at radius 1 is 0.218 bits per heavy atom. The van der Waals surface area contributed by atoms with Gasteiger partial charge in [-0.05, 0) is 162 Å². The van der Waals surface area contributed by atoms with Gasteiger partial charge in [0.2, 0.25) is 0 Å². The minimum absolute atomic E-state index is 0.895. The van der Waals surface area contributed by atoms with E-state index in [4.69, 9.17) is 4.98 Å². The van der Waals surface area contributed by atoms with Gasteiger partial charge in [-0.2, -0.15) is 0 Å². The van der Waals surface area contributed by atoms with Gasteiger partial charge >= 0.3 is 0 Å². The van der Waals surface area contributed by atoms with Crippen molar-refractivity contribution in [2.24, 2.45) is 0 Å². The maximum Gasteiger partial charge on any atom is 0.0717 e. The molecule has 14 aromatic rings. The van der Waals surface area contributed by atoms with Gasteiger partial charge in [-0.25, -0.2) is 4.98 Å². The summed E-state index contributed by atoms with van der Waals surface area (Å²) in [5.74, 6) is 0. The monoisotopic (exact) mass is 997 g/mol. The Hall–Kier alpha value is -9.83. The van der Waals surface area contributed by atoms with E-state index >= 15 is 0 Å². The summed E-state index contributed by atoms with van der Waals surface area (Å²) < 4.78 is 4.96. The van der Waals surface area contributed by atoms with Crippen LogP contribution in [0.3, 0.4) is 0 Å². The molecule has 0 spiro atoms. The van der Waals surface area contributed by atoms with Crippen LogP contribution in [0.2, 0.25) is 0 Å². The van der Waals surface area contributed by atoms with Crippen molar-refractivity contribution < 1.29 is 0 Å². The van der Waals surface area contributed by atoms with Crippen LogP contribution in [0.15, 0.2) is 261 Å². The van der Waals surface area contributed by atoms with Crippen molar-refractivity contribution in [3.8, 4) is 89.5 Å². The SMILES string of the molecule is Cc1ccc(-c2ccc3c(c2)c2cc(-c4ccc(C)cc4)ccc2n3-c2cc(-c3cc(-c4ccccc4)cc(-c4ccccc4)n3)cc(-n3c4ccc(-c5ccc(C)cc5)cc4c4cc(-c5ccc(C)cc5)ccc43)c2)cc1. The van der Waals surface area contributed by atoms with Crippen LogP contribution in [-0.2, 0) is 0 Å². The highest BCUT2D eigenvalue weighted by molar-refractivity contribution is 6.13. The Bertz CT molecular complexity index is 4090. The summed E-state index contributed by atoms with van der Waals surface area (Å²) in [6.45, 7) is 8.60. The molecule has 3 heterocycles. The fourth-order valence-electron chi connectivity index (χ4n) is 11.5. The molecular weight excluding hydrogens is 943 g/mol. The van der Waals surface area contributed by atoms with E-state index in [2.05, 4.69) is 298 Å². The van der Waals surface area contributed by atoms with Gasteiger partial charge in [0, 0.05) is 44.0 Å². The van der Waals surface area contributed by atoms with E-state index in [-0.39, 0.29) is 0 Å². The van der Waals surface area contributed by atoms with Gasteiger partial charge < -0.3 is 9.13 Å². The van der Waals surface area contributed by atoms with Gasteiger partial charge in [0.05, 0.1) is 33.5 Å². The lowest BCUT2D eigenvalue weighted by Crippen LogP contribution is -2.01. The molecule has 0 unspecified atom stereocenters. The van der Waals surface area contributed by atoms with E-state index in [1.807, 2.05) is 0 Å².